The zero-order valence-electron chi connectivity index (χ0n) is 9.68. The molecule has 0 amide bonds. The average Bonchev–Trinajstić information content (AvgIpc) is 2.58. The van der Waals surface area contributed by atoms with Crippen LogP contribution in [0.2, 0.25) is 0 Å². The lowest BCUT2D eigenvalue weighted by Crippen LogP contribution is -2.25. The van der Waals surface area contributed by atoms with Gasteiger partial charge >= 0.3 is 7.12 Å². The first-order chi connectivity index (χ1) is 7.44. The maximum absolute atomic E-state index is 10.2. The fourth-order valence-electron chi connectivity index (χ4n) is 1.31. The second-order valence-electron chi connectivity index (χ2n) is 4.44. The van der Waals surface area contributed by atoms with Gasteiger partial charge < -0.3 is 19.2 Å². The first-order valence-electron chi connectivity index (χ1n) is 5.23. The van der Waals surface area contributed by atoms with Crippen molar-refractivity contribution < 1.29 is 19.2 Å². The number of rotatable bonds is 5. The van der Waals surface area contributed by atoms with E-state index < -0.39 is 13.2 Å². The molecule has 1 heterocycles. The van der Waals surface area contributed by atoms with E-state index in [4.69, 9.17) is 14.4 Å². The van der Waals surface area contributed by atoms with Gasteiger partial charge in [-0.15, -0.1) is 0 Å². The lowest BCUT2D eigenvalue weighted by Gasteiger charge is -2.15. The van der Waals surface area contributed by atoms with Gasteiger partial charge in [0.15, 0.2) is 0 Å². The Bertz CT molecular complexity index is 298. The largest absolute Gasteiger partial charge is 0.493 e. The third-order valence-electron chi connectivity index (χ3n) is 2.18. The molecule has 1 atom stereocenters. The molecule has 1 aliphatic rings. The van der Waals surface area contributed by atoms with Crippen LogP contribution in [0.1, 0.15) is 20.3 Å². The van der Waals surface area contributed by atoms with Gasteiger partial charge in [0.2, 0.25) is 0 Å². The standard InChI is InChI=1S/C11H17BO4/c1-9(5-4-6-10(14)7-13)12-15-8-11(2,3)16-12/h4-5,7,10,14H,1,6,8H2,2-3H3/b5-4-. The minimum atomic E-state index is -0.953. The molecule has 1 saturated heterocycles. The topological polar surface area (TPSA) is 55.8 Å². The summed E-state index contributed by atoms with van der Waals surface area (Å²) in [5, 5.41) is 9.01. The van der Waals surface area contributed by atoms with Crippen molar-refractivity contribution in [3.05, 3.63) is 24.2 Å². The minimum Gasteiger partial charge on any atom is -0.404 e. The van der Waals surface area contributed by atoms with E-state index in [0.717, 1.165) is 0 Å². The van der Waals surface area contributed by atoms with Crippen LogP contribution in [-0.4, -0.2) is 36.8 Å². The van der Waals surface area contributed by atoms with Gasteiger partial charge in [0, 0.05) is 0 Å². The number of aldehydes is 1. The van der Waals surface area contributed by atoms with Crippen molar-refractivity contribution in [2.45, 2.75) is 32.0 Å². The molecule has 0 spiro atoms. The molecule has 1 fully saturated rings. The van der Waals surface area contributed by atoms with Crippen LogP contribution in [0.15, 0.2) is 24.2 Å². The summed E-state index contributed by atoms with van der Waals surface area (Å²) in [6.45, 7) is 8.24. The second-order valence-corrected chi connectivity index (χ2v) is 4.44. The van der Waals surface area contributed by atoms with Crippen LogP contribution >= 0.6 is 0 Å². The van der Waals surface area contributed by atoms with Crippen molar-refractivity contribution in [2.75, 3.05) is 6.61 Å². The molecule has 4 nitrogen and oxygen atoms in total. The quantitative estimate of drug-likeness (QED) is 0.428. The van der Waals surface area contributed by atoms with Crippen LogP contribution in [0.5, 0.6) is 0 Å². The Morgan fingerprint density at radius 1 is 1.69 bits per heavy atom. The Kier molecular flexibility index (Phi) is 4.47. The first-order valence-corrected chi connectivity index (χ1v) is 5.23. The Morgan fingerprint density at radius 3 is 2.88 bits per heavy atom. The minimum absolute atomic E-state index is 0.276. The molecule has 1 N–H and O–H groups in total. The van der Waals surface area contributed by atoms with Crippen molar-refractivity contribution in [2.24, 2.45) is 0 Å². The maximum atomic E-state index is 10.2. The van der Waals surface area contributed by atoms with Crippen molar-refractivity contribution in [1.29, 1.82) is 0 Å². The predicted octanol–water partition coefficient (Wildman–Crippen LogP) is 0.901. The van der Waals surface area contributed by atoms with Crippen molar-refractivity contribution >= 4 is 13.4 Å². The number of carbonyl (C=O) groups excluding carboxylic acids is 1. The van der Waals surface area contributed by atoms with Gasteiger partial charge in [0.25, 0.3) is 0 Å². The van der Waals surface area contributed by atoms with Gasteiger partial charge in [0.05, 0.1) is 12.2 Å². The molecule has 0 aromatic rings. The molecular weight excluding hydrogens is 207 g/mol. The molecule has 0 aromatic heterocycles. The number of allylic oxidation sites excluding steroid dienone is 2. The molecular formula is C11H17BO4. The summed E-state index contributed by atoms with van der Waals surface area (Å²) in [7, 11) is -0.431. The van der Waals surface area contributed by atoms with E-state index >= 15 is 0 Å². The summed E-state index contributed by atoms with van der Waals surface area (Å²) in [4.78, 5) is 10.2. The molecule has 1 rings (SSSR count). The number of hydrogen-bond donors (Lipinski definition) is 1. The van der Waals surface area contributed by atoms with Crippen LogP contribution in [0, 0.1) is 0 Å². The van der Waals surface area contributed by atoms with Gasteiger partial charge in [-0.3, -0.25) is 0 Å². The fraction of sp³-hybridized carbons (Fsp3) is 0.545. The monoisotopic (exact) mass is 224 g/mol. The van der Waals surface area contributed by atoms with Crippen LogP contribution in [0.25, 0.3) is 0 Å². The summed E-state index contributed by atoms with van der Waals surface area (Å²) < 4.78 is 11.0. The third-order valence-corrected chi connectivity index (χ3v) is 2.18. The number of aliphatic hydroxyl groups excluding tert-OH is 1. The van der Waals surface area contributed by atoms with Gasteiger partial charge in [-0.05, 0) is 25.7 Å². The van der Waals surface area contributed by atoms with Gasteiger partial charge in [0.1, 0.15) is 12.4 Å². The fourth-order valence-corrected chi connectivity index (χ4v) is 1.31. The highest BCUT2D eigenvalue weighted by atomic mass is 16.7. The van der Waals surface area contributed by atoms with Crippen molar-refractivity contribution in [3.8, 4) is 0 Å². The highest BCUT2D eigenvalue weighted by Crippen LogP contribution is 2.23. The summed E-state index contributed by atoms with van der Waals surface area (Å²) >= 11 is 0. The molecule has 1 aliphatic heterocycles. The van der Waals surface area contributed by atoms with E-state index in [1.807, 2.05) is 13.8 Å². The lowest BCUT2D eigenvalue weighted by atomic mass is 9.79. The Hall–Kier alpha value is -0.905. The normalized spacial score (nSPS) is 21.3. The van der Waals surface area contributed by atoms with Gasteiger partial charge in [-0.1, -0.05) is 18.7 Å². The van der Waals surface area contributed by atoms with Crippen LogP contribution < -0.4 is 0 Å². The van der Waals surface area contributed by atoms with E-state index in [9.17, 15) is 4.79 Å². The first kappa shape index (κ1) is 13.2. The van der Waals surface area contributed by atoms with Crippen molar-refractivity contribution in [1.82, 2.24) is 0 Å². The third kappa shape index (κ3) is 3.92. The molecule has 0 bridgehead atoms. The van der Waals surface area contributed by atoms with Gasteiger partial charge in [-0.2, -0.15) is 0 Å². The molecule has 5 heteroatoms. The predicted molar refractivity (Wildman–Crippen MR) is 61.8 cm³/mol. The van der Waals surface area contributed by atoms with Crippen molar-refractivity contribution in [3.63, 3.8) is 0 Å². The molecule has 1 unspecified atom stereocenters. The Balaban J connectivity index is 2.39. The SMILES string of the molecule is C=C(/C=C\CC(O)C=O)B1OCC(C)(C)O1. The number of hydrogen-bond acceptors (Lipinski definition) is 4. The van der Waals surface area contributed by atoms with Crippen LogP contribution in [-0.2, 0) is 14.1 Å². The van der Waals surface area contributed by atoms with E-state index in [1.54, 1.807) is 12.2 Å². The zero-order chi connectivity index (χ0) is 12.2. The number of carbonyl (C=O) groups is 1. The Morgan fingerprint density at radius 2 is 2.38 bits per heavy atom. The second kappa shape index (κ2) is 5.43. The highest BCUT2D eigenvalue weighted by molar-refractivity contribution is 6.55. The highest BCUT2D eigenvalue weighted by Gasteiger charge is 2.37. The average molecular weight is 224 g/mol. The summed E-state index contributed by atoms with van der Waals surface area (Å²) in [6.07, 6.45) is 3.21. The van der Waals surface area contributed by atoms with E-state index in [1.165, 1.54) is 0 Å². The molecule has 0 aliphatic carbocycles. The van der Waals surface area contributed by atoms with E-state index in [2.05, 4.69) is 6.58 Å². The van der Waals surface area contributed by atoms with Gasteiger partial charge in [-0.25, -0.2) is 0 Å². The Labute approximate surface area is 96.1 Å². The molecule has 88 valence electrons. The van der Waals surface area contributed by atoms with E-state index in [0.29, 0.717) is 18.4 Å². The summed E-state index contributed by atoms with van der Waals surface area (Å²) in [6, 6.07) is 0. The van der Waals surface area contributed by atoms with Crippen LogP contribution in [0.4, 0.5) is 0 Å². The summed E-state index contributed by atoms with van der Waals surface area (Å²) in [5.41, 5.74) is 0.396. The van der Waals surface area contributed by atoms with Crippen LogP contribution in [0.3, 0.4) is 0 Å². The molecule has 0 aromatic carbocycles. The maximum Gasteiger partial charge on any atom is 0.493 e. The molecule has 0 radical (unpaired) electrons. The smallest absolute Gasteiger partial charge is 0.404 e. The van der Waals surface area contributed by atoms with E-state index in [-0.39, 0.29) is 12.0 Å². The zero-order valence-corrected chi connectivity index (χ0v) is 9.68. The molecule has 16 heavy (non-hydrogen) atoms. The number of aliphatic hydroxyl groups is 1. The molecule has 0 saturated carbocycles. The lowest BCUT2D eigenvalue weighted by molar-refractivity contribution is -0.114. The summed E-state index contributed by atoms with van der Waals surface area (Å²) in [5.74, 6) is 0.